The second-order valence-corrected chi connectivity index (χ2v) is 4.59. The fraction of sp³-hybridized carbons (Fsp3) is 0.583. The van der Waals surface area contributed by atoms with Crippen molar-refractivity contribution in [2.45, 2.75) is 19.4 Å². The minimum Gasteiger partial charge on any atom is -0.459 e. The summed E-state index contributed by atoms with van der Waals surface area (Å²) in [7, 11) is 2.11. The van der Waals surface area contributed by atoms with Crippen molar-refractivity contribution in [2.24, 2.45) is 5.92 Å². The third kappa shape index (κ3) is 2.44. The molecule has 4 nitrogen and oxygen atoms in total. The van der Waals surface area contributed by atoms with Crippen LogP contribution in [0.25, 0.3) is 0 Å². The summed E-state index contributed by atoms with van der Waals surface area (Å²) in [6, 6.07) is 3.68. The molecule has 0 spiro atoms. The number of hydrogen-bond acceptors (Lipinski definition) is 3. The van der Waals surface area contributed by atoms with Crippen LogP contribution in [0.5, 0.6) is 0 Å². The van der Waals surface area contributed by atoms with Crippen LogP contribution in [0.15, 0.2) is 22.8 Å². The van der Waals surface area contributed by atoms with Gasteiger partial charge in [-0.2, -0.15) is 0 Å². The number of nitrogens with one attached hydrogen (secondary N) is 1. The standard InChI is InChI=1S/C12H18N2O2/c1-9-8-14(2)6-5-10(9)13-12(15)11-4-3-7-16-11/h3-4,7,9-10H,5-6,8H2,1-2H3,(H,13,15). The van der Waals surface area contributed by atoms with Crippen molar-refractivity contribution in [2.75, 3.05) is 20.1 Å². The second-order valence-electron chi connectivity index (χ2n) is 4.59. The fourth-order valence-electron chi connectivity index (χ4n) is 2.22. The predicted molar refractivity (Wildman–Crippen MR) is 61.2 cm³/mol. The van der Waals surface area contributed by atoms with Gasteiger partial charge in [0.2, 0.25) is 0 Å². The molecule has 1 aliphatic rings. The maximum atomic E-state index is 11.8. The van der Waals surface area contributed by atoms with E-state index in [9.17, 15) is 4.79 Å². The molecule has 2 unspecified atom stereocenters. The van der Waals surface area contributed by atoms with Gasteiger partial charge in [0.25, 0.3) is 5.91 Å². The zero-order valence-electron chi connectivity index (χ0n) is 9.77. The van der Waals surface area contributed by atoms with E-state index < -0.39 is 0 Å². The third-order valence-corrected chi connectivity index (χ3v) is 3.17. The number of likely N-dealkylation sites (tertiary alicyclic amines) is 1. The van der Waals surface area contributed by atoms with E-state index in [1.54, 1.807) is 12.1 Å². The van der Waals surface area contributed by atoms with Crippen LogP contribution in [-0.4, -0.2) is 37.0 Å². The molecule has 1 fully saturated rings. The van der Waals surface area contributed by atoms with Gasteiger partial charge in [-0.25, -0.2) is 0 Å². The van der Waals surface area contributed by atoms with E-state index in [0.717, 1.165) is 19.5 Å². The van der Waals surface area contributed by atoms with Crippen molar-refractivity contribution in [1.82, 2.24) is 10.2 Å². The molecule has 2 heterocycles. The Morgan fingerprint density at radius 3 is 3.06 bits per heavy atom. The number of furan rings is 1. The van der Waals surface area contributed by atoms with E-state index in [2.05, 4.69) is 24.2 Å². The van der Waals surface area contributed by atoms with Gasteiger partial charge < -0.3 is 14.6 Å². The molecule has 16 heavy (non-hydrogen) atoms. The van der Waals surface area contributed by atoms with Crippen LogP contribution in [0.3, 0.4) is 0 Å². The van der Waals surface area contributed by atoms with Crippen molar-refractivity contribution in [3.8, 4) is 0 Å². The number of rotatable bonds is 2. The smallest absolute Gasteiger partial charge is 0.287 e. The molecule has 2 rings (SSSR count). The van der Waals surface area contributed by atoms with Crippen LogP contribution < -0.4 is 5.32 Å². The first-order valence-electron chi connectivity index (χ1n) is 5.69. The lowest BCUT2D eigenvalue weighted by atomic mass is 9.94. The molecule has 1 aromatic heterocycles. The quantitative estimate of drug-likeness (QED) is 0.821. The summed E-state index contributed by atoms with van der Waals surface area (Å²) in [5.74, 6) is 0.773. The Balaban J connectivity index is 1.92. The second kappa shape index (κ2) is 4.70. The molecule has 0 aromatic carbocycles. The SMILES string of the molecule is CC1CN(C)CCC1NC(=O)c1ccco1. The first kappa shape index (κ1) is 11.2. The minimum absolute atomic E-state index is 0.105. The van der Waals surface area contributed by atoms with E-state index in [4.69, 9.17) is 4.42 Å². The van der Waals surface area contributed by atoms with Gasteiger partial charge in [0.1, 0.15) is 0 Å². The van der Waals surface area contributed by atoms with Gasteiger partial charge in [-0.1, -0.05) is 6.92 Å². The first-order chi connectivity index (χ1) is 7.66. The molecule has 1 saturated heterocycles. The zero-order valence-corrected chi connectivity index (χ0v) is 9.77. The number of nitrogens with zero attached hydrogens (tertiary/aromatic N) is 1. The first-order valence-corrected chi connectivity index (χ1v) is 5.69. The summed E-state index contributed by atoms with van der Waals surface area (Å²) in [6.07, 6.45) is 2.52. The third-order valence-electron chi connectivity index (χ3n) is 3.17. The van der Waals surface area contributed by atoms with Gasteiger partial charge in [-0.3, -0.25) is 4.79 Å². The lowest BCUT2D eigenvalue weighted by Gasteiger charge is -2.34. The number of carbonyl (C=O) groups is 1. The van der Waals surface area contributed by atoms with Gasteiger partial charge in [-0.15, -0.1) is 0 Å². The summed E-state index contributed by atoms with van der Waals surface area (Å²) >= 11 is 0. The van der Waals surface area contributed by atoms with Crippen molar-refractivity contribution < 1.29 is 9.21 Å². The Morgan fingerprint density at radius 1 is 1.62 bits per heavy atom. The Morgan fingerprint density at radius 2 is 2.44 bits per heavy atom. The highest BCUT2D eigenvalue weighted by Gasteiger charge is 2.26. The van der Waals surface area contributed by atoms with E-state index >= 15 is 0 Å². The van der Waals surface area contributed by atoms with E-state index in [1.165, 1.54) is 6.26 Å². The molecule has 0 bridgehead atoms. The normalized spacial score (nSPS) is 26.6. The highest BCUT2D eigenvalue weighted by Crippen LogP contribution is 2.16. The largest absolute Gasteiger partial charge is 0.459 e. The lowest BCUT2D eigenvalue weighted by molar-refractivity contribution is 0.0856. The van der Waals surface area contributed by atoms with Gasteiger partial charge >= 0.3 is 0 Å². The van der Waals surface area contributed by atoms with Crippen molar-refractivity contribution in [3.63, 3.8) is 0 Å². The molecular weight excluding hydrogens is 204 g/mol. The molecule has 88 valence electrons. The van der Waals surface area contributed by atoms with E-state index in [0.29, 0.717) is 11.7 Å². The summed E-state index contributed by atoms with van der Waals surface area (Å²) in [6.45, 7) is 4.24. The van der Waals surface area contributed by atoms with Crippen LogP contribution >= 0.6 is 0 Å². The van der Waals surface area contributed by atoms with Crippen LogP contribution in [-0.2, 0) is 0 Å². The summed E-state index contributed by atoms with van der Waals surface area (Å²) in [5.41, 5.74) is 0. The van der Waals surface area contributed by atoms with E-state index in [-0.39, 0.29) is 11.9 Å². The Hall–Kier alpha value is -1.29. The lowest BCUT2D eigenvalue weighted by Crippen LogP contribution is -2.48. The van der Waals surface area contributed by atoms with Crippen molar-refractivity contribution >= 4 is 5.91 Å². The van der Waals surface area contributed by atoms with Crippen molar-refractivity contribution in [3.05, 3.63) is 24.2 Å². The Labute approximate surface area is 95.6 Å². The van der Waals surface area contributed by atoms with Gasteiger partial charge in [0.15, 0.2) is 5.76 Å². The van der Waals surface area contributed by atoms with Crippen LogP contribution in [0, 0.1) is 5.92 Å². The van der Waals surface area contributed by atoms with Crippen molar-refractivity contribution in [1.29, 1.82) is 0 Å². The molecule has 0 saturated carbocycles. The highest BCUT2D eigenvalue weighted by molar-refractivity contribution is 5.91. The average molecular weight is 222 g/mol. The predicted octanol–water partition coefficient (Wildman–Crippen LogP) is 1.35. The molecule has 4 heteroatoms. The topological polar surface area (TPSA) is 45.5 Å². The molecule has 1 N–H and O–H groups in total. The van der Waals surface area contributed by atoms with Gasteiger partial charge in [-0.05, 0) is 38.1 Å². The average Bonchev–Trinajstić information content (AvgIpc) is 2.75. The van der Waals surface area contributed by atoms with Crippen LogP contribution in [0.1, 0.15) is 23.9 Å². The molecule has 2 atom stereocenters. The maximum Gasteiger partial charge on any atom is 0.287 e. The monoisotopic (exact) mass is 222 g/mol. The Kier molecular flexibility index (Phi) is 3.29. The summed E-state index contributed by atoms with van der Waals surface area (Å²) in [5, 5.41) is 3.03. The number of carbonyl (C=O) groups excluding carboxylic acids is 1. The number of amides is 1. The molecule has 0 aliphatic carbocycles. The van der Waals surface area contributed by atoms with E-state index in [1.807, 2.05) is 0 Å². The Bertz CT molecular complexity index is 348. The fourth-order valence-corrected chi connectivity index (χ4v) is 2.22. The minimum atomic E-state index is -0.105. The zero-order chi connectivity index (χ0) is 11.5. The van der Waals surface area contributed by atoms with Gasteiger partial charge in [0, 0.05) is 12.6 Å². The van der Waals surface area contributed by atoms with Gasteiger partial charge in [0.05, 0.1) is 6.26 Å². The molecule has 1 amide bonds. The molecule has 1 aliphatic heterocycles. The van der Waals surface area contributed by atoms with Crippen LogP contribution in [0.4, 0.5) is 0 Å². The highest BCUT2D eigenvalue weighted by atomic mass is 16.3. The number of hydrogen-bond donors (Lipinski definition) is 1. The maximum absolute atomic E-state index is 11.8. The molecular formula is C12H18N2O2. The molecule has 1 aromatic rings. The summed E-state index contributed by atoms with van der Waals surface area (Å²) in [4.78, 5) is 14.1. The number of piperidine rings is 1. The summed E-state index contributed by atoms with van der Waals surface area (Å²) < 4.78 is 5.07. The van der Waals surface area contributed by atoms with Crippen LogP contribution in [0.2, 0.25) is 0 Å². The molecule has 0 radical (unpaired) electrons.